The summed E-state index contributed by atoms with van der Waals surface area (Å²) in [6, 6.07) is 7.65. The Balaban J connectivity index is 1.94. The molecular weight excluding hydrogens is 270 g/mol. The van der Waals surface area contributed by atoms with Crippen LogP contribution in [0.15, 0.2) is 28.7 Å². The molecule has 1 N–H and O–H groups in total. The Labute approximate surface area is 124 Å². The Bertz CT molecular complexity index is 625. The molecule has 21 heavy (non-hydrogen) atoms. The third kappa shape index (κ3) is 4.23. The molecule has 0 bridgehead atoms. The van der Waals surface area contributed by atoms with Gasteiger partial charge in [0, 0.05) is 5.39 Å². The van der Waals surface area contributed by atoms with E-state index in [9.17, 15) is 4.79 Å². The number of fused-ring (bicyclic) bond motifs is 1. The van der Waals surface area contributed by atoms with Gasteiger partial charge in [0.2, 0.25) is 0 Å². The molecule has 0 aliphatic heterocycles. The second kappa shape index (κ2) is 6.18. The van der Waals surface area contributed by atoms with Crippen LogP contribution in [0.25, 0.3) is 11.0 Å². The number of carbonyl (C=O) groups excluding carboxylic acids is 1. The number of hydrogen-bond donors (Lipinski definition) is 1. The summed E-state index contributed by atoms with van der Waals surface area (Å²) in [5, 5.41) is 3.99. The van der Waals surface area contributed by atoms with Crippen LogP contribution in [-0.2, 0) is 16.1 Å². The first-order chi connectivity index (χ1) is 9.89. The molecule has 2 rings (SSSR count). The highest BCUT2D eigenvalue weighted by Crippen LogP contribution is 2.28. The lowest BCUT2D eigenvalue weighted by Gasteiger charge is -2.19. The summed E-state index contributed by atoms with van der Waals surface area (Å²) in [5.74, 6) is 1.17. The van der Waals surface area contributed by atoms with E-state index in [2.05, 4.69) is 5.32 Å². The first-order valence-corrected chi connectivity index (χ1v) is 6.87. The maximum absolute atomic E-state index is 11.6. The highest BCUT2D eigenvalue weighted by atomic mass is 16.6. The minimum Gasteiger partial charge on any atom is -0.493 e. The lowest BCUT2D eigenvalue weighted by molar-refractivity contribution is -0.153. The van der Waals surface area contributed by atoms with Gasteiger partial charge in [-0.1, -0.05) is 12.1 Å². The van der Waals surface area contributed by atoms with Gasteiger partial charge >= 0.3 is 5.97 Å². The lowest BCUT2D eigenvalue weighted by Crippen LogP contribution is -2.31. The fourth-order valence-electron chi connectivity index (χ4n) is 2.00. The van der Waals surface area contributed by atoms with Gasteiger partial charge in [0.25, 0.3) is 0 Å². The Hall–Kier alpha value is -2.01. The van der Waals surface area contributed by atoms with Gasteiger partial charge < -0.3 is 13.9 Å². The molecule has 0 radical (unpaired) electrons. The molecule has 0 fully saturated rings. The zero-order valence-electron chi connectivity index (χ0n) is 12.9. The van der Waals surface area contributed by atoms with Crippen molar-refractivity contribution >= 4 is 16.9 Å². The molecule has 0 unspecified atom stereocenters. The van der Waals surface area contributed by atoms with Crippen molar-refractivity contribution < 1.29 is 18.7 Å². The highest BCUT2D eigenvalue weighted by Gasteiger charge is 2.16. The van der Waals surface area contributed by atoms with Gasteiger partial charge in [-0.25, -0.2) is 0 Å². The van der Waals surface area contributed by atoms with Crippen LogP contribution in [0.2, 0.25) is 0 Å². The Morgan fingerprint density at radius 1 is 1.33 bits per heavy atom. The minimum atomic E-state index is -0.467. The van der Waals surface area contributed by atoms with Crippen molar-refractivity contribution in [1.82, 2.24) is 5.32 Å². The van der Waals surface area contributed by atoms with Gasteiger partial charge in [0.05, 0.1) is 20.2 Å². The number of carbonyl (C=O) groups is 1. The number of methoxy groups -OCH3 is 1. The first kappa shape index (κ1) is 15.4. The molecule has 1 aromatic heterocycles. The lowest BCUT2D eigenvalue weighted by atomic mass is 10.2. The predicted octanol–water partition coefficient (Wildman–Crippen LogP) is 2.87. The number of hydrogen-bond acceptors (Lipinski definition) is 5. The van der Waals surface area contributed by atoms with Crippen LogP contribution in [0.5, 0.6) is 5.75 Å². The minimum absolute atomic E-state index is 0.144. The number of furan rings is 1. The van der Waals surface area contributed by atoms with Crippen molar-refractivity contribution in [2.24, 2.45) is 0 Å². The zero-order valence-corrected chi connectivity index (χ0v) is 12.9. The molecule has 0 saturated carbocycles. The number of ether oxygens (including phenoxy) is 2. The molecule has 0 atom stereocenters. The van der Waals surface area contributed by atoms with Crippen LogP contribution in [0.3, 0.4) is 0 Å². The standard InChI is InChI=1S/C16H21NO4/c1-16(2,3)21-14(18)10-17-9-12-8-11-6-5-7-13(19-4)15(11)20-12/h5-8,17H,9-10H2,1-4H3. The van der Waals surface area contributed by atoms with Crippen LogP contribution in [-0.4, -0.2) is 25.2 Å². The average Bonchev–Trinajstić information content (AvgIpc) is 2.78. The summed E-state index contributed by atoms with van der Waals surface area (Å²) in [6.45, 7) is 6.13. The molecule has 2 aromatic rings. The van der Waals surface area contributed by atoms with Gasteiger partial charge in [0.15, 0.2) is 11.3 Å². The molecule has 114 valence electrons. The fourth-order valence-corrected chi connectivity index (χ4v) is 2.00. The summed E-state index contributed by atoms with van der Waals surface area (Å²) >= 11 is 0. The molecule has 1 aromatic carbocycles. The quantitative estimate of drug-likeness (QED) is 0.858. The summed E-state index contributed by atoms with van der Waals surface area (Å²) < 4.78 is 16.2. The molecule has 0 aliphatic carbocycles. The number of nitrogens with one attached hydrogen (secondary N) is 1. The van der Waals surface area contributed by atoms with Crippen molar-refractivity contribution in [3.8, 4) is 5.75 Å². The molecule has 0 amide bonds. The maximum Gasteiger partial charge on any atom is 0.320 e. The van der Waals surface area contributed by atoms with E-state index in [0.29, 0.717) is 17.9 Å². The van der Waals surface area contributed by atoms with E-state index in [1.165, 1.54) is 0 Å². The molecule has 0 aliphatic rings. The van der Waals surface area contributed by atoms with Crippen LogP contribution >= 0.6 is 0 Å². The van der Waals surface area contributed by atoms with E-state index in [1.807, 2.05) is 45.0 Å². The SMILES string of the molecule is COc1cccc2cc(CNCC(=O)OC(C)(C)C)oc12. The third-order valence-corrected chi connectivity index (χ3v) is 2.77. The predicted molar refractivity (Wildman–Crippen MR) is 80.3 cm³/mol. The van der Waals surface area contributed by atoms with E-state index in [1.54, 1.807) is 7.11 Å². The number of para-hydroxylation sites is 1. The summed E-state index contributed by atoms with van der Waals surface area (Å²) in [5.41, 5.74) is 0.250. The molecule has 5 heteroatoms. The largest absolute Gasteiger partial charge is 0.493 e. The number of benzene rings is 1. The average molecular weight is 291 g/mol. The van der Waals surface area contributed by atoms with Gasteiger partial charge in [0.1, 0.15) is 11.4 Å². The zero-order chi connectivity index (χ0) is 15.5. The van der Waals surface area contributed by atoms with E-state index >= 15 is 0 Å². The summed E-state index contributed by atoms with van der Waals surface area (Å²) in [7, 11) is 1.61. The molecular formula is C16H21NO4. The monoisotopic (exact) mass is 291 g/mol. The normalized spacial score (nSPS) is 11.6. The summed E-state index contributed by atoms with van der Waals surface area (Å²) in [4.78, 5) is 11.6. The van der Waals surface area contributed by atoms with Gasteiger partial charge in [-0.05, 0) is 32.9 Å². The molecule has 5 nitrogen and oxygen atoms in total. The molecule has 0 spiro atoms. The van der Waals surface area contributed by atoms with Crippen LogP contribution < -0.4 is 10.1 Å². The number of esters is 1. The molecule has 0 saturated heterocycles. The highest BCUT2D eigenvalue weighted by molar-refractivity contribution is 5.83. The van der Waals surface area contributed by atoms with E-state index < -0.39 is 5.60 Å². The van der Waals surface area contributed by atoms with Gasteiger partial charge in [-0.2, -0.15) is 0 Å². The third-order valence-electron chi connectivity index (χ3n) is 2.77. The second-order valence-corrected chi connectivity index (χ2v) is 5.78. The molecule has 1 heterocycles. The Kier molecular flexibility index (Phi) is 4.53. The topological polar surface area (TPSA) is 60.7 Å². The van der Waals surface area contributed by atoms with Gasteiger partial charge in [-0.15, -0.1) is 0 Å². The fraction of sp³-hybridized carbons (Fsp3) is 0.438. The maximum atomic E-state index is 11.6. The Morgan fingerprint density at radius 3 is 2.76 bits per heavy atom. The van der Waals surface area contributed by atoms with Crippen molar-refractivity contribution in [2.75, 3.05) is 13.7 Å². The first-order valence-electron chi connectivity index (χ1n) is 6.87. The van der Waals surface area contributed by atoms with Crippen molar-refractivity contribution in [3.63, 3.8) is 0 Å². The van der Waals surface area contributed by atoms with Crippen LogP contribution in [0, 0.1) is 0 Å². The van der Waals surface area contributed by atoms with E-state index in [0.717, 1.165) is 11.1 Å². The van der Waals surface area contributed by atoms with Crippen LogP contribution in [0.1, 0.15) is 26.5 Å². The number of rotatable bonds is 5. The van der Waals surface area contributed by atoms with E-state index in [4.69, 9.17) is 13.9 Å². The van der Waals surface area contributed by atoms with Crippen LogP contribution in [0.4, 0.5) is 0 Å². The van der Waals surface area contributed by atoms with Crippen molar-refractivity contribution in [2.45, 2.75) is 32.9 Å². The van der Waals surface area contributed by atoms with Gasteiger partial charge in [-0.3, -0.25) is 10.1 Å². The van der Waals surface area contributed by atoms with E-state index in [-0.39, 0.29) is 12.5 Å². The second-order valence-electron chi connectivity index (χ2n) is 5.78. The summed E-state index contributed by atoms with van der Waals surface area (Å²) in [6.07, 6.45) is 0. The van der Waals surface area contributed by atoms with Crippen molar-refractivity contribution in [3.05, 3.63) is 30.0 Å². The van der Waals surface area contributed by atoms with Crippen molar-refractivity contribution in [1.29, 1.82) is 0 Å². The Morgan fingerprint density at radius 2 is 2.10 bits per heavy atom. The smallest absolute Gasteiger partial charge is 0.320 e.